The van der Waals surface area contributed by atoms with Crippen molar-refractivity contribution in [3.05, 3.63) is 41.2 Å². The molecule has 0 atom stereocenters. The van der Waals surface area contributed by atoms with E-state index in [1.54, 1.807) is 0 Å². The first-order valence-corrected chi connectivity index (χ1v) is 7.08. The quantitative estimate of drug-likeness (QED) is 0.791. The van der Waals surface area contributed by atoms with Gasteiger partial charge < -0.3 is 10.4 Å². The molecule has 21 heavy (non-hydrogen) atoms. The molecule has 0 saturated heterocycles. The molecule has 0 spiro atoms. The Bertz CT molecular complexity index is 605. The van der Waals surface area contributed by atoms with Gasteiger partial charge in [-0.25, -0.2) is 0 Å². The summed E-state index contributed by atoms with van der Waals surface area (Å²) in [6, 6.07) is 7.63. The van der Waals surface area contributed by atoms with E-state index in [-0.39, 0.29) is 23.9 Å². The van der Waals surface area contributed by atoms with Crippen LogP contribution in [0.15, 0.2) is 24.3 Å². The zero-order valence-electron chi connectivity index (χ0n) is 12.3. The van der Waals surface area contributed by atoms with Gasteiger partial charge in [0.25, 0.3) is 5.91 Å². The average Bonchev–Trinajstić information content (AvgIpc) is 2.92. The summed E-state index contributed by atoms with van der Waals surface area (Å²) in [5, 5.41) is 20.5. The number of nitrogens with one attached hydrogen (secondary N) is 1. The van der Waals surface area contributed by atoms with Gasteiger partial charge in [-0.2, -0.15) is 4.80 Å². The van der Waals surface area contributed by atoms with Crippen molar-refractivity contribution < 1.29 is 9.90 Å². The van der Waals surface area contributed by atoms with Crippen molar-refractivity contribution in [2.24, 2.45) is 0 Å². The first kappa shape index (κ1) is 15.2. The summed E-state index contributed by atoms with van der Waals surface area (Å²) in [4.78, 5) is 13.4. The molecule has 1 aromatic heterocycles. The Labute approximate surface area is 123 Å². The van der Waals surface area contributed by atoms with Gasteiger partial charge in [0.15, 0.2) is 5.69 Å². The number of aliphatic hydroxyl groups excluding tert-OH is 1. The van der Waals surface area contributed by atoms with Crippen LogP contribution in [-0.2, 0) is 6.61 Å². The van der Waals surface area contributed by atoms with Gasteiger partial charge in [0.2, 0.25) is 0 Å². The van der Waals surface area contributed by atoms with Gasteiger partial charge in [-0.05, 0) is 25.5 Å². The van der Waals surface area contributed by atoms with Gasteiger partial charge in [-0.3, -0.25) is 4.79 Å². The summed E-state index contributed by atoms with van der Waals surface area (Å²) >= 11 is 0. The van der Waals surface area contributed by atoms with Crippen LogP contribution in [0.3, 0.4) is 0 Å². The highest BCUT2D eigenvalue weighted by molar-refractivity contribution is 5.93. The van der Waals surface area contributed by atoms with Crippen LogP contribution in [0, 0.1) is 6.92 Å². The van der Waals surface area contributed by atoms with Gasteiger partial charge in [-0.1, -0.05) is 31.0 Å². The molecule has 6 heteroatoms. The van der Waals surface area contributed by atoms with Crippen molar-refractivity contribution in [1.29, 1.82) is 0 Å². The summed E-state index contributed by atoms with van der Waals surface area (Å²) in [5.74, 6) is -0.300. The highest BCUT2D eigenvalue weighted by atomic mass is 16.3. The second-order valence-corrected chi connectivity index (χ2v) is 4.89. The minimum absolute atomic E-state index is 0.175. The molecule has 2 aromatic rings. The van der Waals surface area contributed by atoms with Crippen molar-refractivity contribution >= 4 is 5.91 Å². The second-order valence-electron chi connectivity index (χ2n) is 4.89. The molecule has 6 nitrogen and oxygen atoms in total. The molecule has 0 aliphatic rings. The number of aliphatic hydroxyl groups is 1. The number of aryl methyl sites for hydroxylation is 1. The van der Waals surface area contributed by atoms with E-state index in [1.807, 2.05) is 31.2 Å². The third kappa shape index (κ3) is 3.66. The molecule has 1 amide bonds. The van der Waals surface area contributed by atoms with Crippen LogP contribution in [0.25, 0.3) is 5.69 Å². The number of hydrogen-bond acceptors (Lipinski definition) is 4. The number of hydrogen-bond donors (Lipinski definition) is 2. The number of nitrogens with zero attached hydrogens (tertiary/aromatic N) is 3. The lowest BCUT2D eigenvalue weighted by molar-refractivity contribution is 0.0944. The second kappa shape index (κ2) is 6.99. The van der Waals surface area contributed by atoms with Gasteiger partial charge in [0.05, 0.1) is 12.3 Å². The maximum atomic E-state index is 12.1. The number of benzene rings is 1. The zero-order chi connectivity index (χ0) is 15.2. The summed E-state index contributed by atoms with van der Waals surface area (Å²) in [6.45, 7) is 4.32. The standard InChI is InChI=1S/C15H20N4O2/c1-3-4-9-16-15(21)14-13(10-20)17-19(18-14)12-7-5-11(2)6-8-12/h5-8,20H,3-4,9-10H2,1-2H3,(H,16,21). The molecule has 0 fully saturated rings. The molecule has 112 valence electrons. The van der Waals surface area contributed by atoms with Crippen LogP contribution in [0.1, 0.15) is 41.5 Å². The summed E-state index contributed by atoms with van der Waals surface area (Å²) in [7, 11) is 0. The first-order valence-electron chi connectivity index (χ1n) is 7.08. The Morgan fingerprint density at radius 2 is 2.00 bits per heavy atom. The lowest BCUT2D eigenvalue weighted by Gasteiger charge is -2.01. The molecule has 0 saturated carbocycles. The van der Waals surface area contributed by atoms with Gasteiger partial charge >= 0.3 is 0 Å². The maximum absolute atomic E-state index is 12.1. The van der Waals surface area contributed by atoms with Crippen molar-refractivity contribution in [3.8, 4) is 5.69 Å². The number of carbonyl (C=O) groups is 1. The van der Waals surface area contributed by atoms with E-state index in [1.165, 1.54) is 4.80 Å². The van der Waals surface area contributed by atoms with Crippen molar-refractivity contribution in [1.82, 2.24) is 20.3 Å². The molecule has 1 heterocycles. The molecular weight excluding hydrogens is 268 g/mol. The van der Waals surface area contributed by atoms with Crippen LogP contribution in [0.5, 0.6) is 0 Å². The number of carbonyl (C=O) groups excluding carboxylic acids is 1. The van der Waals surface area contributed by atoms with E-state index in [0.29, 0.717) is 6.54 Å². The van der Waals surface area contributed by atoms with Gasteiger partial charge in [0, 0.05) is 6.54 Å². The van der Waals surface area contributed by atoms with Gasteiger partial charge in [0.1, 0.15) is 5.69 Å². The average molecular weight is 288 g/mol. The highest BCUT2D eigenvalue weighted by Crippen LogP contribution is 2.10. The fraction of sp³-hybridized carbons (Fsp3) is 0.400. The monoisotopic (exact) mass is 288 g/mol. The van der Waals surface area contributed by atoms with E-state index in [2.05, 4.69) is 22.4 Å². The Morgan fingerprint density at radius 1 is 1.29 bits per heavy atom. The van der Waals surface area contributed by atoms with E-state index in [0.717, 1.165) is 24.1 Å². The minimum atomic E-state index is -0.317. The molecule has 0 unspecified atom stereocenters. The van der Waals surface area contributed by atoms with Crippen LogP contribution < -0.4 is 5.32 Å². The van der Waals surface area contributed by atoms with E-state index in [9.17, 15) is 9.90 Å². The summed E-state index contributed by atoms with van der Waals surface area (Å²) < 4.78 is 0. The van der Waals surface area contributed by atoms with E-state index >= 15 is 0 Å². The SMILES string of the molecule is CCCCNC(=O)c1nn(-c2ccc(C)cc2)nc1CO. The largest absolute Gasteiger partial charge is 0.390 e. The van der Waals surface area contributed by atoms with Crippen LogP contribution in [0.4, 0.5) is 0 Å². The predicted molar refractivity (Wildman–Crippen MR) is 79.3 cm³/mol. The summed E-state index contributed by atoms with van der Waals surface area (Å²) in [5.41, 5.74) is 2.34. The Hall–Kier alpha value is -2.21. The molecule has 0 bridgehead atoms. The molecule has 2 N–H and O–H groups in total. The van der Waals surface area contributed by atoms with Crippen molar-refractivity contribution in [2.45, 2.75) is 33.3 Å². The van der Waals surface area contributed by atoms with Crippen LogP contribution in [-0.4, -0.2) is 32.6 Å². The fourth-order valence-electron chi connectivity index (χ4n) is 1.88. The molecule has 0 aliphatic heterocycles. The molecule has 0 radical (unpaired) electrons. The molecule has 2 rings (SSSR count). The first-order chi connectivity index (χ1) is 10.2. The molecule has 1 aromatic carbocycles. The van der Waals surface area contributed by atoms with Gasteiger partial charge in [-0.15, -0.1) is 10.2 Å². The van der Waals surface area contributed by atoms with Crippen LogP contribution >= 0.6 is 0 Å². The zero-order valence-corrected chi connectivity index (χ0v) is 12.3. The molecule has 0 aliphatic carbocycles. The molecular formula is C15H20N4O2. The van der Waals surface area contributed by atoms with E-state index in [4.69, 9.17) is 0 Å². The van der Waals surface area contributed by atoms with Crippen molar-refractivity contribution in [3.63, 3.8) is 0 Å². The predicted octanol–water partition coefficient (Wildman–Crippen LogP) is 1.60. The topological polar surface area (TPSA) is 80.0 Å². The van der Waals surface area contributed by atoms with Crippen molar-refractivity contribution in [2.75, 3.05) is 6.54 Å². The maximum Gasteiger partial charge on any atom is 0.273 e. The smallest absolute Gasteiger partial charge is 0.273 e. The summed E-state index contributed by atoms with van der Waals surface area (Å²) in [6.07, 6.45) is 1.91. The Morgan fingerprint density at radius 3 is 2.62 bits per heavy atom. The third-order valence-corrected chi connectivity index (χ3v) is 3.13. The highest BCUT2D eigenvalue weighted by Gasteiger charge is 2.18. The lowest BCUT2D eigenvalue weighted by atomic mass is 10.2. The number of unbranched alkanes of at least 4 members (excludes halogenated alkanes) is 1. The lowest BCUT2D eigenvalue weighted by Crippen LogP contribution is -2.25. The van der Waals surface area contributed by atoms with Crippen LogP contribution in [0.2, 0.25) is 0 Å². The Balaban J connectivity index is 2.22. The number of rotatable bonds is 6. The minimum Gasteiger partial charge on any atom is -0.390 e. The Kier molecular flexibility index (Phi) is 5.05. The van der Waals surface area contributed by atoms with E-state index < -0.39 is 0 Å². The number of aromatic nitrogens is 3. The fourth-order valence-corrected chi connectivity index (χ4v) is 1.88. The third-order valence-electron chi connectivity index (χ3n) is 3.13. The number of amides is 1. The normalized spacial score (nSPS) is 10.6.